The van der Waals surface area contributed by atoms with Gasteiger partial charge in [-0.2, -0.15) is 0 Å². The molecule has 0 bridgehead atoms. The van der Waals surface area contributed by atoms with Crippen molar-refractivity contribution >= 4 is 27.8 Å². The lowest BCUT2D eigenvalue weighted by Crippen LogP contribution is -2.35. The first kappa shape index (κ1) is 17.9. The van der Waals surface area contributed by atoms with E-state index < -0.39 is 0 Å². The zero-order valence-corrected chi connectivity index (χ0v) is 14.8. The maximum Gasteiger partial charge on any atom is 0.308 e. The molecule has 1 aliphatic carbocycles. The molecule has 3 N–H and O–H groups in total. The summed E-state index contributed by atoms with van der Waals surface area (Å²) in [6.45, 7) is 2.10. The topological polar surface area (TPSA) is 81.4 Å². The first-order valence-corrected chi connectivity index (χ1v) is 8.76. The Kier molecular flexibility index (Phi) is 6.59. The van der Waals surface area contributed by atoms with Gasteiger partial charge in [-0.15, -0.1) is 0 Å². The Morgan fingerprint density at radius 2 is 2.04 bits per heavy atom. The van der Waals surface area contributed by atoms with Crippen molar-refractivity contribution in [2.75, 3.05) is 6.61 Å². The number of halogens is 1. The van der Waals surface area contributed by atoms with Crippen LogP contribution in [0.4, 0.5) is 0 Å². The third-order valence-corrected chi connectivity index (χ3v) is 4.64. The maximum absolute atomic E-state index is 12.5. The SMILES string of the molecule is CCOC(=O)CC(NC(=O)C1CCC(N)C1)c1ccc(Br)cc1. The molecule has 5 nitrogen and oxygen atoms in total. The first-order chi connectivity index (χ1) is 11.0. The van der Waals surface area contributed by atoms with Crippen LogP contribution in [-0.2, 0) is 14.3 Å². The number of hydrogen-bond donors (Lipinski definition) is 2. The van der Waals surface area contributed by atoms with Crippen molar-refractivity contribution in [2.45, 2.75) is 44.7 Å². The first-order valence-electron chi connectivity index (χ1n) is 7.96. The zero-order valence-electron chi connectivity index (χ0n) is 13.3. The van der Waals surface area contributed by atoms with E-state index in [1.165, 1.54) is 0 Å². The summed E-state index contributed by atoms with van der Waals surface area (Å²) >= 11 is 3.39. The predicted molar refractivity (Wildman–Crippen MR) is 91.6 cm³/mol. The van der Waals surface area contributed by atoms with Crippen LogP contribution in [0, 0.1) is 5.92 Å². The van der Waals surface area contributed by atoms with Crippen molar-refractivity contribution < 1.29 is 14.3 Å². The van der Waals surface area contributed by atoms with E-state index in [0.717, 1.165) is 22.9 Å². The summed E-state index contributed by atoms with van der Waals surface area (Å²) in [5.41, 5.74) is 6.77. The zero-order chi connectivity index (χ0) is 16.8. The van der Waals surface area contributed by atoms with Gasteiger partial charge in [0.15, 0.2) is 0 Å². The van der Waals surface area contributed by atoms with E-state index in [1.807, 2.05) is 24.3 Å². The third kappa shape index (κ3) is 5.32. The molecule has 0 aromatic heterocycles. The number of nitrogens with one attached hydrogen (secondary N) is 1. The van der Waals surface area contributed by atoms with Crippen molar-refractivity contribution in [3.63, 3.8) is 0 Å². The van der Waals surface area contributed by atoms with E-state index >= 15 is 0 Å². The van der Waals surface area contributed by atoms with Crippen molar-refractivity contribution in [3.8, 4) is 0 Å². The Bertz CT molecular complexity index is 547. The highest BCUT2D eigenvalue weighted by Crippen LogP contribution is 2.26. The predicted octanol–water partition coefficient (Wildman–Crippen LogP) is 2.69. The highest BCUT2D eigenvalue weighted by atomic mass is 79.9. The molecular weight excluding hydrogens is 360 g/mol. The Morgan fingerprint density at radius 3 is 2.61 bits per heavy atom. The lowest BCUT2D eigenvalue weighted by atomic mass is 10.0. The van der Waals surface area contributed by atoms with Crippen LogP contribution in [0.1, 0.15) is 44.2 Å². The quantitative estimate of drug-likeness (QED) is 0.741. The Morgan fingerprint density at radius 1 is 1.35 bits per heavy atom. The van der Waals surface area contributed by atoms with Gasteiger partial charge in [-0.3, -0.25) is 9.59 Å². The summed E-state index contributed by atoms with van der Waals surface area (Å²) in [7, 11) is 0. The maximum atomic E-state index is 12.5. The van der Waals surface area contributed by atoms with E-state index in [-0.39, 0.29) is 36.3 Å². The number of amides is 1. The number of carbonyl (C=O) groups excluding carboxylic acids is 2. The minimum atomic E-state index is -0.383. The van der Waals surface area contributed by atoms with E-state index in [0.29, 0.717) is 13.0 Å². The molecule has 1 aliphatic rings. The summed E-state index contributed by atoms with van der Waals surface area (Å²) in [5, 5.41) is 2.99. The van der Waals surface area contributed by atoms with Crippen LogP contribution in [0.2, 0.25) is 0 Å². The van der Waals surface area contributed by atoms with E-state index in [9.17, 15) is 9.59 Å². The highest BCUT2D eigenvalue weighted by molar-refractivity contribution is 9.10. The van der Waals surface area contributed by atoms with Gasteiger partial charge in [-0.1, -0.05) is 28.1 Å². The molecule has 1 aromatic carbocycles. The second kappa shape index (κ2) is 8.45. The molecule has 0 aliphatic heterocycles. The van der Waals surface area contributed by atoms with Gasteiger partial charge < -0.3 is 15.8 Å². The lowest BCUT2D eigenvalue weighted by molar-refractivity contribution is -0.143. The molecule has 6 heteroatoms. The van der Waals surface area contributed by atoms with Gasteiger partial charge in [-0.25, -0.2) is 0 Å². The van der Waals surface area contributed by atoms with Crippen LogP contribution in [-0.4, -0.2) is 24.5 Å². The fourth-order valence-corrected chi connectivity index (χ4v) is 3.14. The minimum Gasteiger partial charge on any atom is -0.466 e. The average molecular weight is 383 g/mol. The summed E-state index contributed by atoms with van der Waals surface area (Å²) in [5.74, 6) is -0.413. The number of hydrogen-bond acceptors (Lipinski definition) is 4. The van der Waals surface area contributed by atoms with Crippen molar-refractivity contribution in [1.82, 2.24) is 5.32 Å². The smallest absolute Gasteiger partial charge is 0.308 e. The van der Waals surface area contributed by atoms with Crippen LogP contribution < -0.4 is 11.1 Å². The summed E-state index contributed by atoms with van der Waals surface area (Å²) in [6.07, 6.45) is 2.51. The van der Waals surface area contributed by atoms with E-state index in [1.54, 1.807) is 6.92 Å². The second-order valence-corrected chi connectivity index (χ2v) is 6.81. The van der Waals surface area contributed by atoms with Crippen LogP contribution >= 0.6 is 15.9 Å². The van der Waals surface area contributed by atoms with Crippen LogP contribution in [0.15, 0.2) is 28.7 Å². The standard InChI is InChI=1S/C17H23BrN2O3/c1-2-23-16(21)10-15(11-3-6-13(18)7-4-11)20-17(22)12-5-8-14(19)9-12/h3-4,6-7,12,14-15H,2,5,8-10,19H2,1H3,(H,20,22). The van der Waals surface area contributed by atoms with Crippen molar-refractivity contribution in [1.29, 1.82) is 0 Å². The molecule has 3 unspecified atom stereocenters. The molecule has 0 heterocycles. The van der Waals surface area contributed by atoms with Crippen LogP contribution in [0.25, 0.3) is 0 Å². The van der Waals surface area contributed by atoms with Gasteiger partial charge in [0.1, 0.15) is 0 Å². The molecule has 1 saturated carbocycles. The van der Waals surface area contributed by atoms with Crippen LogP contribution in [0.5, 0.6) is 0 Å². The molecule has 23 heavy (non-hydrogen) atoms. The van der Waals surface area contributed by atoms with Gasteiger partial charge in [-0.05, 0) is 43.9 Å². The van der Waals surface area contributed by atoms with Crippen LogP contribution in [0.3, 0.4) is 0 Å². The van der Waals surface area contributed by atoms with Crippen molar-refractivity contribution in [3.05, 3.63) is 34.3 Å². The molecule has 1 amide bonds. The molecule has 2 rings (SSSR count). The number of ether oxygens (including phenoxy) is 1. The minimum absolute atomic E-state index is 0.0323. The fraction of sp³-hybridized carbons (Fsp3) is 0.529. The highest BCUT2D eigenvalue weighted by Gasteiger charge is 2.30. The number of benzene rings is 1. The van der Waals surface area contributed by atoms with Gasteiger partial charge in [0.25, 0.3) is 0 Å². The van der Waals surface area contributed by atoms with E-state index in [2.05, 4.69) is 21.2 Å². The fourth-order valence-electron chi connectivity index (χ4n) is 2.88. The lowest BCUT2D eigenvalue weighted by Gasteiger charge is -2.21. The molecule has 1 aromatic rings. The number of carbonyl (C=O) groups is 2. The number of esters is 1. The van der Waals surface area contributed by atoms with Gasteiger partial charge in [0, 0.05) is 16.4 Å². The molecule has 3 atom stereocenters. The monoisotopic (exact) mass is 382 g/mol. The largest absolute Gasteiger partial charge is 0.466 e. The molecule has 1 fully saturated rings. The van der Waals surface area contributed by atoms with Gasteiger partial charge in [0.2, 0.25) is 5.91 Å². The normalized spacial score (nSPS) is 21.7. The third-order valence-electron chi connectivity index (χ3n) is 4.11. The summed E-state index contributed by atoms with van der Waals surface area (Å²) in [6, 6.07) is 7.30. The number of rotatable bonds is 6. The Hall–Kier alpha value is -1.40. The molecule has 0 spiro atoms. The van der Waals surface area contributed by atoms with Gasteiger partial charge in [0.05, 0.1) is 19.1 Å². The average Bonchev–Trinajstić information content (AvgIpc) is 2.94. The van der Waals surface area contributed by atoms with E-state index in [4.69, 9.17) is 10.5 Å². The molecule has 0 saturated heterocycles. The van der Waals surface area contributed by atoms with Gasteiger partial charge >= 0.3 is 5.97 Å². The Balaban J connectivity index is 2.07. The summed E-state index contributed by atoms with van der Waals surface area (Å²) in [4.78, 5) is 24.3. The van der Waals surface area contributed by atoms with Crippen molar-refractivity contribution in [2.24, 2.45) is 11.7 Å². The number of nitrogens with two attached hydrogens (primary N) is 1. The second-order valence-electron chi connectivity index (χ2n) is 5.89. The Labute approximate surface area is 145 Å². The summed E-state index contributed by atoms with van der Waals surface area (Å²) < 4.78 is 5.97. The molecular formula is C17H23BrN2O3. The molecule has 126 valence electrons. The molecule has 0 radical (unpaired) electrons.